The Morgan fingerprint density at radius 3 is 2.34 bits per heavy atom. The van der Waals surface area contributed by atoms with Crippen molar-refractivity contribution in [3.8, 4) is 16.9 Å². The minimum Gasteiger partial charge on any atom is -0.493 e. The fourth-order valence-corrected chi connectivity index (χ4v) is 4.28. The zero-order chi connectivity index (χ0) is 19.9. The van der Waals surface area contributed by atoms with Crippen LogP contribution < -0.4 is 4.74 Å². The molecular formula is C27H31NO. The summed E-state index contributed by atoms with van der Waals surface area (Å²) >= 11 is 0. The van der Waals surface area contributed by atoms with Crippen molar-refractivity contribution < 1.29 is 4.74 Å². The summed E-state index contributed by atoms with van der Waals surface area (Å²) in [5, 5.41) is 0. The summed E-state index contributed by atoms with van der Waals surface area (Å²) in [6.07, 6.45) is 5.74. The lowest BCUT2D eigenvalue weighted by molar-refractivity contribution is 0.232. The van der Waals surface area contributed by atoms with Gasteiger partial charge < -0.3 is 9.64 Å². The van der Waals surface area contributed by atoms with Crippen LogP contribution in [0.2, 0.25) is 0 Å². The van der Waals surface area contributed by atoms with E-state index in [0.717, 1.165) is 31.6 Å². The molecule has 4 rings (SSSR count). The number of likely N-dealkylation sites (tertiary alicyclic amines) is 1. The first-order valence-corrected chi connectivity index (χ1v) is 10.8. The molecule has 0 aliphatic carbocycles. The van der Waals surface area contributed by atoms with E-state index in [9.17, 15) is 0 Å². The molecule has 1 saturated heterocycles. The lowest BCUT2D eigenvalue weighted by atomic mass is 9.99. The maximum Gasteiger partial charge on any atom is 0.123 e. The fraction of sp³-hybridized carbons (Fsp3) is 0.333. The van der Waals surface area contributed by atoms with Crippen LogP contribution in [0.1, 0.15) is 30.4 Å². The van der Waals surface area contributed by atoms with E-state index < -0.39 is 0 Å². The second-order valence-corrected chi connectivity index (χ2v) is 8.09. The van der Waals surface area contributed by atoms with Crippen molar-refractivity contribution in [2.45, 2.75) is 38.1 Å². The Labute approximate surface area is 175 Å². The second kappa shape index (κ2) is 9.76. The van der Waals surface area contributed by atoms with E-state index in [1.54, 1.807) is 0 Å². The Bertz CT molecular complexity index is 891. The van der Waals surface area contributed by atoms with E-state index in [-0.39, 0.29) is 0 Å². The van der Waals surface area contributed by atoms with Crippen molar-refractivity contribution in [1.82, 2.24) is 4.90 Å². The molecular weight excluding hydrogens is 354 g/mol. The number of hydrogen-bond acceptors (Lipinski definition) is 2. The molecule has 1 aliphatic rings. The number of rotatable bonds is 8. The number of benzene rings is 3. The lowest BCUT2D eigenvalue weighted by Gasteiger charge is -2.20. The van der Waals surface area contributed by atoms with Crippen LogP contribution in [-0.4, -0.2) is 31.1 Å². The van der Waals surface area contributed by atoms with Crippen molar-refractivity contribution in [3.05, 3.63) is 90.0 Å². The van der Waals surface area contributed by atoms with Gasteiger partial charge in [-0.05, 0) is 74.0 Å². The highest BCUT2D eigenvalue weighted by atomic mass is 16.5. The molecule has 0 N–H and O–H groups in total. The highest BCUT2D eigenvalue weighted by molar-refractivity contribution is 5.66. The third kappa shape index (κ3) is 5.27. The number of nitrogens with zero attached hydrogens (tertiary/aromatic N) is 1. The quantitative estimate of drug-likeness (QED) is 0.471. The average molecular weight is 386 g/mol. The largest absolute Gasteiger partial charge is 0.493 e. The van der Waals surface area contributed by atoms with Gasteiger partial charge in [-0.15, -0.1) is 0 Å². The Morgan fingerprint density at radius 2 is 1.62 bits per heavy atom. The first kappa shape index (κ1) is 19.7. The predicted molar refractivity (Wildman–Crippen MR) is 121 cm³/mol. The van der Waals surface area contributed by atoms with Crippen LogP contribution in [0.15, 0.2) is 78.9 Å². The van der Waals surface area contributed by atoms with E-state index in [1.165, 1.54) is 41.6 Å². The van der Waals surface area contributed by atoms with Gasteiger partial charge in [-0.2, -0.15) is 0 Å². The number of hydrogen-bond donors (Lipinski definition) is 0. The molecule has 2 nitrogen and oxygen atoms in total. The van der Waals surface area contributed by atoms with Crippen LogP contribution in [-0.2, 0) is 12.8 Å². The summed E-state index contributed by atoms with van der Waals surface area (Å²) in [6, 6.07) is 28.7. The van der Waals surface area contributed by atoms with Crippen LogP contribution in [0.25, 0.3) is 11.1 Å². The molecule has 0 aromatic heterocycles. The van der Waals surface area contributed by atoms with Crippen LogP contribution in [0.3, 0.4) is 0 Å². The van der Waals surface area contributed by atoms with Crippen LogP contribution >= 0.6 is 0 Å². The van der Waals surface area contributed by atoms with Gasteiger partial charge in [0.15, 0.2) is 0 Å². The summed E-state index contributed by atoms with van der Waals surface area (Å²) < 4.78 is 6.37. The zero-order valence-corrected chi connectivity index (χ0v) is 17.4. The summed E-state index contributed by atoms with van der Waals surface area (Å²) in [4.78, 5) is 2.47. The Morgan fingerprint density at radius 1 is 0.862 bits per heavy atom. The van der Waals surface area contributed by atoms with E-state index in [0.29, 0.717) is 6.04 Å². The highest BCUT2D eigenvalue weighted by Gasteiger charge is 2.20. The summed E-state index contributed by atoms with van der Waals surface area (Å²) in [7, 11) is 2.24. The van der Waals surface area contributed by atoms with Crippen molar-refractivity contribution >= 4 is 0 Å². The smallest absolute Gasteiger partial charge is 0.123 e. The van der Waals surface area contributed by atoms with Gasteiger partial charge in [0, 0.05) is 6.04 Å². The number of aryl methyl sites for hydroxylation is 2. The first-order chi connectivity index (χ1) is 14.3. The van der Waals surface area contributed by atoms with Crippen LogP contribution in [0, 0.1) is 0 Å². The lowest BCUT2D eigenvalue weighted by Crippen LogP contribution is -2.26. The van der Waals surface area contributed by atoms with Crippen molar-refractivity contribution in [2.24, 2.45) is 0 Å². The molecule has 29 heavy (non-hydrogen) atoms. The Hall–Kier alpha value is -2.58. The highest BCUT2D eigenvalue weighted by Crippen LogP contribution is 2.29. The molecule has 3 aromatic rings. The molecule has 0 amide bonds. The molecule has 0 saturated carbocycles. The summed E-state index contributed by atoms with van der Waals surface area (Å²) in [6.45, 7) is 2.00. The van der Waals surface area contributed by atoms with Gasteiger partial charge in [0.2, 0.25) is 0 Å². The van der Waals surface area contributed by atoms with E-state index >= 15 is 0 Å². The van der Waals surface area contributed by atoms with Crippen molar-refractivity contribution in [1.29, 1.82) is 0 Å². The second-order valence-electron chi connectivity index (χ2n) is 8.09. The van der Waals surface area contributed by atoms with Gasteiger partial charge in [0.1, 0.15) is 5.75 Å². The summed E-state index contributed by atoms with van der Waals surface area (Å²) in [5.74, 6) is 1.04. The molecule has 1 atom stereocenters. The molecule has 1 fully saturated rings. The van der Waals surface area contributed by atoms with Crippen molar-refractivity contribution in [3.63, 3.8) is 0 Å². The molecule has 2 heteroatoms. The van der Waals surface area contributed by atoms with Gasteiger partial charge in [-0.25, -0.2) is 0 Å². The third-order valence-electron chi connectivity index (χ3n) is 6.08. The average Bonchev–Trinajstić information content (AvgIpc) is 3.19. The summed E-state index contributed by atoms with van der Waals surface area (Å²) in [5.41, 5.74) is 5.14. The van der Waals surface area contributed by atoms with Crippen LogP contribution in [0.5, 0.6) is 5.75 Å². The van der Waals surface area contributed by atoms with Gasteiger partial charge in [-0.3, -0.25) is 0 Å². The third-order valence-corrected chi connectivity index (χ3v) is 6.08. The number of ether oxygens (including phenoxy) is 1. The fourth-order valence-electron chi connectivity index (χ4n) is 4.28. The molecule has 0 bridgehead atoms. The molecule has 1 unspecified atom stereocenters. The van der Waals surface area contributed by atoms with E-state index in [1.807, 2.05) is 0 Å². The topological polar surface area (TPSA) is 12.5 Å². The molecule has 3 aromatic carbocycles. The van der Waals surface area contributed by atoms with Gasteiger partial charge in [0.25, 0.3) is 0 Å². The SMILES string of the molecule is CN1CCCC1CCOc1cc(-c2ccccc2)ccc1CCc1ccccc1. The first-order valence-electron chi connectivity index (χ1n) is 10.8. The normalized spacial score (nSPS) is 16.8. The molecule has 1 aliphatic heterocycles. The van der Waals surface area contributed by atoms with Crippen LogP contribution in [0.4, 0.5) is 0 Å². The minimum atomic E-state index is 0.667. The minimum absolute atomic E-state index is 0.667. The van der Waals surface area contributed by atoms with Gasteiger partial charge in [-0.1, -0.05) is 72.8 Å². The zero-order valence-electron chi connectivity index (χ0n) is 17.4. The maximum absolute atomic E-state index is 6.37. The molecule has 1 heterocycles. The standard InChI is InChI=1S/C27H31NO/c1-28-19-8-13-26(28)18-20-29-27-21-25(23-11-6-3-7-12-23)17-16-24(27)15-14-22-9-4-2-5-10-22/h2-7,9-12,16-17,21,26H,8,13-15,18-20H2,1H3. The van der Waals surface area contributed by atoms with Crippen molar-refractivity contribution in [2.75, 3.05) is 20.2 Å². The maximum atomic E-state index is 6.37. The molecule has 150 valence electrons. The monoisotopic (exact) mass is 385 g/mol. The van der Waals surface area contributed by atoms with Gasteiger partial charge >= 0.3 is 0 Å². The predicted octanol–water partition coefficient (Wildman–Crippen LogP) is 6.00. The van der Waals surface area contributed by atoms with Gasteiger partial charge in [0.05, 0.1) is 6.61 Å². The van der Waals surface area contributed by atoms with E-state index in [4.69, 9.17) is 4.74 Å². The molecule has 0 radical (unpaired) electrons. The molecule has 0 spiro atoms. The Kier molecular flexibility index (Phi) is 6.63. The Balaban J connectivity index is 1.49. The van der Waals surface area contributed by atoms with E-state index in [2.05, 4.69) is 90.8 Å².